The summed E-state index contributed by atoms with van der Waals surface area (Å²) in [5, 5.41) is 9.30. The van der Waals surface area contributed by atoms with Crippen molar-refractivity contribution < 1.29 is 14.1 Å². The number of quaternary nitrogens is 1. The molecule has 1 fully saturated rings. The van der Waals surface area contributed by atoms with E-state index in [9.17, 15) is 4.79 Å². The number of carbonyl (C=O) groups excluding carboxylic acids is 1. The van der Waals surface area contributed by atoms with Gasteiger partial charge in [0.25, 0.3) is 0 Å². The monoisotopic (exact) mass is 451 g/mol. The molecule has 1 aliphatic rings. The molecule has 8 nitrogen and oxygen atoms in total. The van der Waals surface area contributed by atoms with Gasteiger partial charge in [-0.3, -0.25) is 4.79 Å². The zero-order valence-electron chi connectivity index (χ0n) is 17.9. The second kappa shape index (κ2) is 9.70. The normalized spacial score (nSPS) is 14.9. The smallest absolute Gasteiger partial charge is 0.230 e. The van der Waals surface area contributed by atoms with Crippen molar-refractivity contribution in [3.63, 3.8) is 0 Å². The highest BCUT2D eigenvalue weighted by atomic mass is 32.2. The number of likely N-dealkylation sites (tertiary alicyclic amines) is 1. The SMILES string of the molecule is O=C(CSc1nc2ccccc2c2nc(CC[NH+]3CCCCC3)nn12)NCc1ccco1. The first-order valence-corrected chi connectivity index (χ1v) is 12.1. The van der Waals surface area contributed by atoms with E-state index in [2.05, 4.69) is 5.32 Å². The Kier molecular flexibility index (Phi) is 6.36. The standard InChI is InChI=1S/C23H26N6O2S/c30-21(24-15-17-7-6-14-31-17)16-32-23-25-19-9-3-2-8-18(19)22-26-20(27-29(22)23)10-13-28-11-4-1-5-12-28/h2-3,6-9,14H,1,4-5,10-13,15-16H2,(H,24,30)/p+1. The number of hydrogen-bond donors (Lipinski definition) is 2. The van der Waals surface area contributed by atoms with Crippen LogP contribution in [0.3, 0.4) is 0 Å². The number of para-hydroxylation sites is 1. The van der Waals surface area contributed by atoms with Crippen LogP contribution in [0.4, 0.5) is 0 Å². The van der Waals surface area contributed by atoms with E-state index in [0.29, 0.717) is 11.7 Å². The fourth-order valence-electron chi connectivity index (χ4n) is 4.14. The van der Waals surface area contributed by atoms with E-state index >= 15 is 0 Å². The summed E-state index contributed by atoms with van der Waals surface area (Å²) < 4.78 is 7.06. The number of benzene rings is 1. The van der Waals surface area contributed by atoms with Crippen molar-refractivity contribution in [2.75, 3.05) is 25.4 Å². The third-order valence-corrected chi connectivity index (χ3v) is 6.76. The fourth-order valence-corrected chi connectivity index (χ4v) is 4.92. The molecule has 4 aromatic rings. The molecule has 2 N–H and O–H groups in total. The summed E-state index contributed by atoms with van der Waals surface area (Å²) in [6.45, 7) is 3.91. The van der Waals surface area contributed by atoms with Gasteiger partial charge >= 0.3 is 0 Å². The van der Waals surface area contributed by atoms with Gasteiger partial charge in [0, 0.05) is 5.39 Å². The van der Waals surface area contributed by atoms with Gasteiger partial charge < -0.3 is 14.6 Å². The Morgan fingerprint density at radius 2 is 2.00 bits per heavy atom. The van der Waals surface area contributed by atoms with E-state index < -0.39 is 0 Å². The predicted octanol–water partition coefficient (Wildman–Crippen LogP) is 1.89. The molecule has 1 aliphatic heterocycles. The Labute approximate surface area is 190 Å². The van der Waals surface area contributed by atoms with Gasteiger partial charge in [-0.25, -0.2) is 9.97 Å². The van der Waals surface area contributed by atoms with Crippen molar-refractivity contribution in [2.24, 2.45) is 0 Å². The molecule has 0 atom stereocenters. The Morgan fingerprint density at radius 1 is 1.12 bits per heavy atom. The summed E-state index contributed by atoms with van der Waals surface area (Å²) in [5.41, 5.74) is 1.66. The number of thioether (sulfide) groups is 1. The van der Waals surface area contributed by atoms with Gasteiger partial charge in [0.2, 0.25) is 5.91 Å². The lowest BCUT2D eigenvalue weighted by Gasteiger charge is -2.22. The van der Waals surface area contributed by atoms with Gasteiger partial charge in [-0.2, -0.15) is 4.52 Å². The molecule has 0 saturated carbocycles. The van der Waals surface area contributed by atoms with E-state index in [1.165, 1.54) is 44.1 Å². The Morgan fingerprint density at radius 3 is 2.84 bits per heavy atom. The maximum atomic E-state index is 12.3. The molecule has 0 unspecified atom stereocenters. The van der Waals surface area contributed by atoms with Gasteiger partial charge in [-0.1, -0.05) is 23.9 Å². The number of aromatic nitrogens is 4. The van der Waals surface area contributed by atoms with Crippen LogP contribution in [-0.4, -0.2) is 50.9 Å². The molecule has 3 aromatic heterocycles. The summed E-state index contributed by atoms with van der Waals surface area (Å²) in [5.74, 6) is 1.73. The molecule has 4 heterocycles. The van der Waals surface area contributed by atoms with Crippen LogP contribution >= 0.6 is 11.8 Å². The number of nitrogens with one attached hydrogen (secondary N) is 2. The van der Waals surface area contributed by atoms with Crippen LogP contribution in [0.2, 0.25) is 0 Å². The molecule has 32 heavy (non-hydrogen) atoms. The highest BCUT2D eigenvalue weighted by Crippen LogP contribution is 2.24. The van der Waals surface area contributed by atoms with Crippen molar-refractivity contribution in [1.29, 1.82) is 0 Å². The van der Waals surface area contributed by atoms with Gasteiger partial charge in [0.15, 0.2) is 16.6 Å². The lowest BCUT2D eigenvalue weighted by molar-refractivity contribution is -0.904. The average Bonchev–Trinajstić information content (AvgIpc) is 3.51. The van der Waals surface area contributed by atoms with E-state index in [1.807, 2.05) is 30.3 Å². The van der Waals surface area contributed by atoms with Crippen LogP contribution in [0, 0.1) is 0 Å². The Balaban J connectivity index is 1.33. The van der Waals surface area contributed by atoms with E-state index in [4.69, 9.17) is 19.5 Å². The molecular weight excluding hydrogens is 424 g/mol. The number of furan rings is 1. The largest absolute Gasteiger partial charge is 0.467 e. The minimum atomic E-state index is -0.0801. The average molecular weight is 452 g/mol. The van der Waals surface area contributed by atoms with Crippen molar-refractivity contribution in [3.8, 4) is 0 Å². The molecular formula is C23H27N6O2S+. The van der Waals surface area contributed by atoms with Crippen LogP contribution in [0.5, 0.6) is 0 Å². The van der Waals surface area contributed by atoms with Crippen LogP contribution in [0.25, 0.3) is 16.6 Å². The minimum absolute atomic E-state index is 0.0801. The maximum Gasteiger partial charge on any atom is 0.230 e. The molecule has 9 heteroatoms. The highest BCUT2D eigenvalue weighted by Gasteiger charge is 2.18. The molecule has 0 bridgehead atoms. The van der Waals surface area contributed by atoms with Gasteiger partial charge in [-0.15, -0.1) is 5.10 Å². The number of fused-ring (bicyclic) bond motifs is 3. The summed E-state index contributed by atoms with van der Waals surface area (Å²) in [6.07, 6.45) is 6.42. The number of amides is 1. The van der Waals surface area contributed by atoms with E-state index in [0.717, 1.165) is 41.1 Å². The number of rotatable bonds is 8. The van der Waals surface area contributed by atoms with Gasteiger partial charge in [0.05, 0.1) is 50.1 Å². The zero-order chi connectivity index (χ0) is 21.8. The lowest BCUT2D eigenvalue weighted by atomic mass is 10.1. The molecule has 1 aromatic carbocycles. The zero-order valence-corrected chi connectivity index (χ0v) is 18.7. The third kappa shape index (κ3) is 4.78. The number of piperidine rings is 1. The number of hydrogen-bond acceptors (Lipinski definition) is 6. The van der Waals surface area contributed by atoms with Crippen molar-refractivity contribution in [1.82, 2.24) is 24.9 Å². The fraction of sp³-hybridized carbons (Fsp3) is 0.391. The first-order chi connectivity index (χ1) is 15.8. The topological polar surface area (TPSA) is 89.8 Å². The highest BCUT2D eigenvalue weighted by molar-refractivity contribution is 7.99. The molecule has 1 saturated heterocycles. The second-order valence-corrected chi connectivity index (χ2v) is 9.07. The number of carbonyl (C=O) groups is 1. The maximum absolute atomic E-state index is 12.3. The van der Waals surface area contributed by atoms with Crippen molar-refractivity contribution >= 4 is 34.2 Å². The van der Waals surface area contributed by atoms with Crippen LogP contribution in [0.1, 0.15) is 30.8 Å². The molecule has 1 amide bonds. The summed E-state index contributed by atoms with van der Waals surface area (Å²) in [6, 6.07) is 11.6. The van der Waals surface area contributed by atoms with Crippen LogP contribution in [-0.2, 0) is 17.8 Å². The summed E-state index contributed by atoms with van der Waals surface area (Å²) in [4.78, 5) is 23.6. The first kappa shape index (κ1) is 21.0. The third-order valence-electron chi connectivity index (χ3n) is 5.83. The van der Waals surface area contributed by atoms with E-state index in [-0.39, 0.29) is 11.7 Å². The predicted molar refractivity (Wildman–Crippen MR) is 123 cm³/mol. The summed E-state index contributed by atoms with van der Waals surface area (Å²) in [7, 11) is 0. The minimum Gasteiger partial charge on any atom is -0.467 e. The van der Waals surface area contributed by atoms with Gasteiger partial charge in [0.1, 0.15) is 5.76 Å². The van der Waals surface area contributed by atoms with Crippen LogP contribution < -0.4 is 10.2 Å². The molecule has 5 rings (SSSR count). The van der Waals surface area contributed by atoms with Crippen molar-refractivity contribution in [3.05, 3.63) is 54.2 Å². The first-order valence-electron chi connectivity index (χ1n) is 11.2. The number of nitrogens with zero attached hydrogens (tertiary/aromatic N) is 4. The van der Waals surface area contributed by atoms with Gasteiger partial charge in [-0.05, 0) is 43.5 Å². The Bertz CT molecular complexity index is 1200. The quantitative estimate of drug-likeness (QED) is 0.314. The molecule has 0 aliphatic carbocycles. The molecule has 166 valence electrons. The Hall–Kier alpha value is -2.91. The second-order valence-electron chi connectivity index (χ2n) is 8.13. The summed E-state index contributed by atoms with van der Waals surface area (Å²) >= 11 is 1.37. The lowest BCUT2D eigenvalue weighted by Crippen LogP contribution is -3.13. The molecule has 0 spiro atoms. The van der Waals surface area contributed by atoms with Crippen molar-refractivity contribution in [2.45, 2.75) is 37.4 Å². The molecule has 0 radical (unpaired) electrons. The van der Waals surface area contributed by atoms with Crippen LogP contribution in [0.15, 0.2) is 52.2 Å². The van der Waals surface area contributed by atoms with E-state index in [1.54, 1.807) is 21.7 Å².